The van der Waals surface area contributed by atoms with Gasteiger partial charge < -0.3 is 14.8 Å². The zero-order valence-corrected chi connectivity index (χ0v) is 16.2. The summed E-state index contributed by atoms with van der Waals surface area (Å²) in [5.74, 6) is -0.0504. The highest BCUT2D eigenvalue weighted by Crippen LogP contribution is 2.50. The summed E-state index contributed by atoms with van der Waals surface area (Å²) >= 11 is 0. The monoisotopic (exact) mass is 387 g/mol. The zero-order valence-electron chi connectivity index (χ0n) is 15.4. The van der Waals surface area contributed by atoms with Crippen LogP contribution in [0.25, 0.3) is 0 Å². The van der Waals surface area contributed by atoms with Crippen molar-refractivity contribution in [2.45, 2.75) is 42.1 Å². The first-order chi connectivity index (χ1) is 12.7. The summed E-state index contributed by atoms with van der Waals surface area (Å²) in [4.78, 5) is 13.0. The lowest BCUT2D eigenvalue weighted by molar-refractivity contribution is -0.132. The summed E-state index contributed by atoms with van der Waals surface area (Å²) in [7, 11) is -2.34. The number of ether oxygens (including phenoxy) is 2. The summed E-state index contributed by atoms with van der Waals surface area (Å²) in [5.41, 5.74) is 0.668. The fourth-order valence-corrected chi connectivity index (χ4v) is 5.81. The van der Waals surface area contributed by atoms with Crippen molar-refractivity contribution in [1.82, 2.24) is 5.32 Å². The van der Waals surface area contributed by atoms with Crippen molar-refractivity contribution in [3.8, 4) is 11.5 Å². The Morgan fingerprint density at radius 2 is 1.89 bits per heavy atom. The van der Waals surface area contributed by atoms with Gasteiger partial charge in [0.2, 0.25) is 5.91 Å². The molecular formula is C20H21NO5S. The number of fused-ring (bicyclic) bond motifs is 4. The predicted molar refractivity (Wildman–Crippen MR) is 99.7 cm³/mol. The minimum atomic E-state index is -3.88. The topological polar surface area (TPSA) is 81.7 Å². The second-order valence-corrected chi connectivity index (χ2v) is 9.36. The van der Waals surface area contributed by atoms with E-state index >= 15 is 0 Å². The normalized spacial score (nSPS) is 26.6. The molecule has 1 N–H and O–H groups in total. The smallest absolute Gasteiger partial charge is 0.242 e. The van der Waals surface area contributed by atoms with Crippen LogP contribution in [0.4, 0.5) is 0 Å². The highest BCUT2D eigenvalue weighted by Gasteiger charge is 2.54. The molecule has 4 rings (SSSR count). The number of aryl methyl sites for hydroxylation is 1. The minimum Gasteiger partial charge on any atom is -0.493 e. The molecule has 1 fully saturated rings. The second kappa shape index (κ2) is 5.99. The summed E-state index contributed by atoms with van der Waals surface area (Å²) in [6, 6.07) is 11.9. The SMILES string of the molecule is COc1cccc2c1OC1(C)CC2C(S(=O)(=O)c2ccc(C)cc2)C(=O)N1. The molecule has 0 spiro atoms. The maximum atomic E-state index is 13.3. The van der Waals surface area contributed by atoms with E-state index in [0.717, 1.165) is 5.56 Å². The number of nitrogens with one attached hydrogen (secondary N) is 1. The number of methoxy groups -OCH3 is 1. The van der Waals surface area contributed by atoms with Crippen molar-refractivity contribution in [2.24, 2.45) is 0 Å². The summed E-state index contributed by atoms with van der Waals surface area (Å²) in [6.07, 6.45) is 0.370. The van der Waals surface area contributed by atoms with E-state index in [2.05, 4.69) is 5.32 Å². The number of benzene rings is 2. The Morgan fingerprint density at radius 1 is 1.19 bits per heavy atom. The van der Waals surface area contributed by atoms with E-state index in [-0.39, 0.29) is 4.90 Å². The van der Waals surface area contributed by atoms with Crippen molar-refractivity contribution in [3.63, 3.8) is 0 Å². The van der Waals surface area contributed by atoms with Gasteiger partial charge in [0.25, 0.3) is 0 Å². The number of amides is 1. The van der Waals surface area contributed by atoms with Crippen LogP contribution in [0.1, 0.15) is 30.4 Å². The van der Waals surface area contributed by atoms with Crippen LogP contribution in [-0.4, -0.2) is 32.4 Å². The van der Waals surface area contributed by atoms with Crippen molar-refractivity contribution in [1.29, 1.82) is 0 Å². The molecule has 7 heteroatoms. The van der Waals surface area contributed by atoms with Crippen LogP contribution < -0.4 is 14.8 Å². The number of rotatable bonds is 3. The van der Waals surface area contributed by atoms with E-state index in [9.17, 15) is 13.2 Å². The van der Waals surface area contributed by atoms with E-state index in [1.54, 1.807) is 49.4 Å². The van der Waals surface area contributed by atoms with Crippen LogP contribution in [0.15, 0.2) is 47.4 Å². The van der Waals surface area contributed by atoms with Crippen LogP contribution in [0.5, 0.6) is 11.5 Å². The fourth-order valence-electron chi connectivity index (χ4n) is 3.98. The highest BCUT2D eigenvalue weighted by molar-refractivity contribution is 7.92. The third-order valence-electron chi connectivity index (χ3n) is 5.26. The molecule has 2 aromatic carbocycles. The first-order valence-corrected chi connectivity index (χ1v) is 10.3. The molecule has 2 aromatic rings. The maximum absolute atomic E-state index is 13.3. The number of carbonyl (C=O) groups is 1. The minimum absolute atomic E-state index is 0.146. The van der Waals surface area contributed by atoms with Gasteiger partial charge in [-0.05, 0) is 32.0 Å². The standard InChI is InChI=1S/C20H21NO5S/c1-12-7-9-13(10-8-12)27(23,24)18-15-11-20(2,21-19(18)22)26-17-14(15)5-4-6-16(17)25-3/h4-10,15,18H,11H2,1-3H3,(H,21,22). The number of carbonyl (C=O) groups excluding carboxylic acids is 1. The molecule has 1 amide bonds. The van der Waals surface area contributed by atoms with Gasteiger partial charge in [-0.15, -0.1) is 0 Å². The first kappa shape index (κ1) is 17.9. The molecule has 0 aromatic heterocycles. The van der Waals surface area contributed by atoms with Crippen LogP contribution in [0, 0.1) is 6.92 Å². The van der Waals surface area contributed by atoms with Crippen molar-refractivity contribution >= 4 is 15.7 Å². The van der Waals surface area contributed by atoms with Gasteiger partial charge in [0.05, 0.1) is 12.0 Å². The molecular weight excluding hydrogens is 366 g/mol. The Bertz CT molecular complexity index is 1020. The molecule has 0 saturated carbocycles. The lowest BCUT2D eigenvalue weighted by atomic mass is 9.81. The molecule has 2 aliphatic rings. The van der Waals surface area contributed by atoms with Crippen molar-refractivity contribution in [3.05, 3.63) is 53.6 Å². The molecule has 27 heavy (non-hydrogen) atoms. The summed E-state index contributed by atoms with van der Waals surface area (Å²) < 4.78 is 38.1. The van der Waals surface area contributed by atoms with Gasteiger partial charge in [0.1, 0.15) is 0 Å². The summed E-state index contributed by atoms with van der Waals surface area (Å²) in [6.45, 7) is 3.64. The second-order valence-electron chi connectivity index (χ2n) is 7.29. The summed E-state index contributed by atoms with van der Waals surface area (Å²) in [5, 5.41) is 1.54. The van der Waals surface area contributed by atoms with Crippen LogP contribution in [-0.2, 0) is 14.6 Å². The van der Waals surface area contributed by atoms with Gasteiger partial charge in [-0.3, -0.25) is 4.79 Å². The van der Waals surface area contributed by atoms with Gasteiger partial charge in [-0.25, -0.2) is 8.42 Å². The third-order valence-corrected chi connectivity index (χ3v) is 7.40. The highest BCUT2D eigenvalue weighted by atomic mass is 32.2. The van der Waals surface area contributed by atoms with E-state index in [1.165, 1.54) is 7.11 Å². The Morgan fingerprint density at radius 3 is 2.56 bits per heavy atom. The Balaban J connectivity index is 1.87. The largest absolute Gasteiger partial charge is 0.493 e. The van der Waals surface area contributed by atoms with Gasteiger partial charge in [-0.1, -0.05) is 29.8 Å². The molecule has 0 radical (unpaired) electrons. The van der Waals surface area contributed by atoms with Gasteiger partial charge in [-0.2, -0.15) is 0 Å². The molecule has 2 heterocycles. The molecule has 3 atom stereocenters. The average Bonchev–Trinajstić information content (AvgIpc) is 2.60. The Hall–Kier alpha value is -2.54. The van der Waals surface area contributed by atoms with Crippen molar-refractivity contribution in [2.75, 3.05) is 7.11 Å². The molecule has 0 aliphatic carbocycles. The predicted octanol–water partition coefficient (Wildman–Crippen LogP) is 2.56. The fraction of sp³-hybridized carbons (Fsp3) is 0.350. The van der Waals surface area contributed by atoms with Crippen LogP contribution in [0.3, 0.4) is 0 Å². The van der Waals surface area contributed by atoms with E-state index in [4.69, 9.17) is 9.47 Å². The number of hydrogen-bond acceptors (Lipinski definition) is 5. The lowest BCUT2D eigenvalue weighted by Crippen LogP contribution is -2.63. The maximum Gasteiger partial charge on any atom is 0.242 e. The number of hydrogen-bond donors (Lipinski definition) is 1. The number of sulfone groups is 1. The van der Waals surface area contributed by atoms with E-state index in [0.29, 0.717) is 23.5 Å². The van der Waals surface area contributed by atoms with E-state index < -0.39 is 32.6 Å². The van der Waals surface area contributed by atoms with Crippen LogP contribution >= 0.6 is 0 Å². The molecule has 3 unspecified atom stereocenters. The molecule has 2 aliphatic heterocycles. The molecule has 1 saturated heterocycles. The van der Waals surface area contributed by atoms with Gasteiger partial charge in [0.15, 0.2) is 32.3 Å². The van der Waals surface area contributed by atoms with Crippen LogP contribution in [0.2, 0.25) is 0 Å². The lowest BCUT2D eigenvalue weighted by Gasteiger charge is -2.47. The number of piperidine rings is 1. The van der Waals surface area contributed by atoms with E-state index in [1.807, 2.05) is 6.92 Å². The quantitative estimate of drug-likeness (QED) is 0.875. The Labute approximate surface area is 158 Å². The molecule has 6 nitrogen and oxygen atoms in total. The zero-order chi connectivity index (χ0) is 19.4. The molecule has 2 bridgehead atoms. The third kappa shape index (κ3) is 2.77. The van der Waals surface area contributed by atoms with Crippen molar-refractivity contribution < 1.29 is 22.7 Å². The molecule has 142 valence electrons. The first-order valence-electron chi connectivity index (χ1n) is 8.74. The number of para-hydroxylation sites is 1. The Kier molecular flexibility index (Phi) is 3.96. The average molecular weight is 387 g/mol. The van der Waals surface area contributed by atoms with Gasteiger partial charge >= 0.3 is 0 Å². The van der Waals surface area contributed by atoms with Gasteiger partial charge in [0, 0.05) is 17.9 Å².